The van der Waals surface area contributed by atoms with Gasteiger partial charge in [-0.3, -0.25) is 10.1 Å². The van der Waals surface area contributed by atoms with E-state index in [1.54, 1.807) is 0 Å². The lowest BCUT2D eigenvalue weighted by atomic mass is 10.1. The molecule has 19 heavy (non-hydrogen) atoms. The summed E-state index contributed by atoms with van der Waals surface area (Å²) in [5.74, 6) is -0.428. The molecule has 1 aliphatic rings. The predicted molar refractivity (Wildman–Crippen MR) is 71.4 cm³/mol. The summed E-state index contributed by atoms with van der Waals surface area (Å²) in [7, 11) is 0. The summed E-state index contributed by atoms with van der Waals surface area (Å²) in [5, 5.41) is 14.2. The van der Waals surface area contributed by atoms with Gasteiger partial charge >= 0.3 is 0 Å². The van der Waals surface area contributed by atoms with Crippen LogP contribution in [0.15, 0.2) is 18.2 Å². The van der Waals surface area contributed by atoms with Crippen LogP contribution in [0.3, 0.4) is 0 Å². The number of nitro groups is 1. The molecule has 0 aromatic heterocycles. The summed E-state index contributed by atoms with van der Waals surface area (Å²) in [6, 6.07) is 4.01. The fourth-order valence-corrected chi connectivity index (χ4v) is 2.61. The molecule has 1 aromatic rings. The number of benzene rings is 1. The highest BCUT2D eigenvalue weighted by Gasteiger charge is 2.17. The van der Waals surface area contributed by atoms with Crippen LogP contribution in [-0.2, 0) is 6.54 Å². The predicted octanol–water partition coefficient (Wildman–Crippen LogP) is 3.55. The number of rotatable bonds is 4. The molecule has 1 N–H and O–H groups in total. The third kappa shape index (κ3) is 3.99. The van der Waals surface area contributed by atoms with Crippen molar-refractivity contribution in [1.29, 1.82) is 0 Å². The van der Waals surface area contributed by atoms with E-state index in [1.807, 2.05) is 0 Å². The van der Waals surface area contributed by atoms with Crippen LogP contribution in [0.5, 0.6) is 0 Å². The molecule has 1 aliphatic carbocycles. The number of hydrogen-bond donors (Lipinski definition) is 1. The molecule has 1 fully saturated rings. The zero-order valence-corrected chi connectivity index (χ0v) is 10.9. The van der Waals surface area contributed by atoms with Crippen molar-refractivity contribution >= 4 is 5.69 Å². The molecular weight excluding hydrogens is 247 g/mol. The van der Waals surface area contributed by atoms with E-state index in [4.69, 9.17) is 0 Å². The fourth-order valence-electron chi connectivity index (χ4n) is 2.61. The molecule has 0 saturated heterocycles. The molecule has 4 nitrogen and oxygen atoms in total. The monoisotopic (exact) mass is 266 g/mol. The average Bonchev–Trinajstić information content (AvgIpc) is 2.64. The summed E-state index contributed by atoms with van der Waals surface area (Å²) in [4.78, 5) is 10.4. The Bertz CT molecular complexity index is 443. The molecule has 1 saturated carbocycles. The van der Waals surface area contributed by atoms with Crippen LogP contribution in [-0.4, -0.2) is 11.0 Å². The number of hydrogen-bond acceptors (Lipinski definition) is 3. The number of nitro benzene ring substituents is 1. The topological polar surface area (TPSA) is 55.2 Å². The Balaban J connectivity index is 2.01. The molecule has 1 aromatic carbocycles. The van der Waals surface area contributed by atoms with Crippen LogP contribution in [0.2, 0.25) is 0 Å². The molecule has 0 atom stereocenters. The van der Waals surface area contributed by atoms with Crippen molar-refractivity contribution in [3.63, 3.8) is 0 Å². The maximum Gasteiger partial charge on any atom is 0.274 e. The maximum atomic E-state index is 13.2. The van der Waals surface area contributed by atoms with Crippen molar-refractivity contribution in [3.05, 3.63) is 39.7 Å². The molecule has 0 heterocycles. The first-order valence-corrected chi connectivity index (χ1v) is 6.83. The second-order valence-corrected chi connectivity index (χ2v) is 5.10. The van der Waals surface area contributed by atoms with Gasteiger partial charge in [0.2, 0.25) is 0 Å². The van der Waals surface area contributed by atoms with Gasteiger partial charge in [-0.05, 0) is 25.0 Å². The maximum absolute atomic E-state index is 13.2. The van der Waals surface area contributed by atoms with E-state index in [9.17, 15) is 14.5 Å². The Kier molecular flexibility index (Phi) is 4.85. The molecule has 2 rings (SSSR count). The lowest BCUT2D eigenvalue weighted by molar-refractivity contribution is -0.385. The molecule has 0 amide bonds. The van der Waals surface area contributed by atoms with Gasteiger partial charge in [0, 0.05) is 24.2 Å². The molecule has 0 bridgehead atoms. The smallest absolute Gasteiger partial charge is 0.274 e. The first kappa shape index (κ1) is 13.9. The summed E-state index contributed by atoms with van der Waals surface area (Å²) in [6.07, 6.45) is 7.12. The van der Waals surface area contributed by atoms with Gasteiger partial charge in [0.25, 0.3) is 5.69 Å². The fraction of sp³-hybridized carbons (Fsp3) is 0.571. The van der Waals surface area contributed by atoms with Crippen LogP contribution in [0, 0.1) is 15.9 Å². The Morgan fingerprint density at radius 1 is 1.26 bits per heavy atom. The van der Waals surface area contributed by atoms with Gasteiger partial charge in [-0.1, -0.05) is 25.7 Å². The first-order valence-electron chi connectivity index (χ1n) is 6.83. The van der Waals surface area contributed by atoms with Crippen LogP contribution < -0.4 is 5.32 Å². The highest BCUT2D eigenvalue weighted by molar-refractivity contribution is 5.40. The van der Waals surface area contributed by atoms with E-state index < -0.39 is 10.7 Å². The standard InChI is InChI=1S/C14H19FN2O2/c15-12-7-8-14(17(18)19)11(9-12)10-16-13-5-3-1-2-4-6-13/h7-9,13,16H,1-6,10H2. The van der Waals surface area contributed by atoms with E-state index in [2.05, 4.69) is 5.32 Å². The summed E-state index contributed by atoms with van der Waals surface area (Å²) >= 11 is 0. The molecule has 0 unspecified atom stereocenters. The molecule has 104 valence electrons. The highest BCUT2D eigenvalue weighted by Crippen LogP contribution is 2.21. The van der Waals surface area contributed by atoms with Crippen LogP contribution in [0.1, 0.15) is 44.1 Å². The average molecular weight is 266 g/mol. The SMILES string of the molecule is O=[N+]([O-])c1ccc(F)cc1CNC1CCCCCC1. The minimum absolute atomic E-state index is 0.0116. The number of nitrogens with one attached hydrogen (secondary N) is 1. The summed E-state index contributed by atoms with van der Waals surface area (Å²) in [6.45, 7) is 0.360. The lowest BCUT2D eigenvalue weighted by Gasteiger charge is -2.16. The number of halogens is 1. The van der Waals surface area contributed by atoms with Gasteiger partial charge in [-0.2, -0.15) is 0 Å². The highest BCUT2D eigenvalue weighted by atomic mass is 19.1. The lowest BCUT2D eigenvalue weighted by Crippen LogP contribution is -2.28. The van der Waals surface area contributed by atoms with Crippen molar-refractivity contribution in [2.75, 3.05) is 0 Å². The molecular formula is C14H19FN2O2. The Labute approximate surface area is 112 Å². The van der Waals surface area contributed by atoms with Gasteiger partial charge in [-0.15, -0.1) is 0 Å². The zero-order valence-electron chi connectivity index (χ0n) is 10.9. The molecule has 0 aliphatic heterocycles. The van der Waals surface area contributed by atoms with Gasteiger partial charge in [-0.25, -0.2) is 4.39 Å². The van der Waals surface area contributed by atoms with Gasteiger partial charge in [0.1, 0.15) is 5.82 Å². The summed E-state index contributed by atoms with van der Waals surface area (Å²) < 4.78 is 13.2. The van der Waals surface area contributed by atoms with Gasteiger partial charge in [0.15, 0.2) is 0 Å². The minimum Gasteiger partial charge on any atom is -0.310 e. The van der Waals surface area contributed by atoms with Gasteiger partial charge < -0.3 is 5.32 Å². The summed E-state index contributed by atoms with van der Waals surface area (Å²) in [5.41, 5.74) is 0.414. The van der Waals surface area contributed by atoms with E-state index in [0.29, 0.717) is 18.2 Å². The first-order chi connectivity index (χ1) is 9.16. The van der Waals surface area contributed by atoms with Crippen molar-refractivity contribution in [3.8, 4) is 0 Å². The largest absolute Gasteiger partial charge is 0.310 e. The second-order valence-electron chi connectivity index (χ2n) is 5.10. The van der Waals surface area contributed by atoms with Crippen molar-refractivity contribution in [2.24, 2.45) is 0 Å². The zero-order chi connectivity index (χ0) is 13.7. The quantitative estimate of drug-likeness (QED) is 0.515. The van der Waals surface area contributed by atoms with Crippen LogP contribution in [0.4, 0.5) is 10.1 Å². The third-order valence-corrected chi connectivity index (χ3v) is 3.67. The minimum atomic E-state index is -0.455. The van der Waals surface area contributed by atoms with E-state index in [-0.39, 0.29) is 5.69 Å². The van der Waals surface area contributed by atoms with E-state index in [0.717, 1.165) is 18.9 Å². The van der Waals surface area contributed by atoms with Gasteiger partial charge in [0.05, 0.1) is 4.92 Å². The Hall–Kier alpha value is -1.49. The molecule has 5 heteroatoms. The normalized spacial score (nSPS) is 17.1. The number of nitrogens with zero attached hydrogens (tertiary/aromatic N) is 1. The van der Waals surface area contributed by atoms with E-state index in [1.165, 1.54) is 37.8 Å². The van der Waals surface area contributed by atoms with E-state index >= 15 is 0 Å². The Morgan fingerprint density at radius 3 is 2.58 bits per heavy atom. The van der Waals surface area contributed by atoms with Crippen molar-refractivity contribution in [2.45, 2.75) is 51.1 Å². The molecule has 0 radical (unpaired) electrons. The molecule has 0 spiro atoms. The van der Waals surface area contributed by atoms with Crippen molar-refractivity contribution in [1.82, 2.24) is 5.32 Å². The van der Waals surface area contributed by atoms with Crippen LogP contribution >= 0.6 is 0 Å². The third-order valence-electron chi connectivity index (χ3n) is 3.67. The van der Waals surface area contributed by atoms with Crippen molar-refractivity contribution < 1.29 is 9.31 Å². The Morgan fingerprint density at radius 2 is 1.95 bits per heavy atom. The van der Waals surface area contributed by atoms with Crippen LogP contribution in [0.25, 0.3) is 0 Å². The second kappa shape index (κ2) is 6.61.